The van der Waals surface area contributed by atoms with Crippen molar-refractivity contribution in [3.63, 3.8) is 0 Å². The van der Waals surface area contributed by atoms with Gasteiger partial charge in [-0.2, -0.15) is 0 Å². The van der Waals surface area contributed by atoms with Crippen LogP contribution in [-0.2, 0) is 4.79 Å². The molecule has 96 valence electrons. The van der Waals surface area contributed by atoms with E-state index in [1.165, 1.54) is 6.42 Å². The van der Waals surface area contributed by atoms with E-state index in [0.717, 1.165) is 6.42 Å². The Kier molecular flexibility index (Phi) is 2.90. The molecule has 2 heterocycles. The van der Waals surface area contributed by atoms with Crippen molar-refractivity contribution in [2.45, 2.75) is 31.8 Å². The van der Waals surface area contributed by atoms with E-state index >= 15 is 0 Å². The molecule has 3 rings (SSSR count). The molecule has 0 aromatic carbocycles. The lowest BCUT2D eigenvalue weighted by Crippen LogP contribution is -2.40. The standard InChI is InChI=1S/C13H15ClN2O2/c1-8(17)16-10(4-9-5-12(9)16)7-18-11-2-3-13(14)15-6-11/h2-3,6,9-10,12H,4-5,7H2,1H3/t9-,10-,12+/m0/s1. The molecule has 1 aliphatic heterocycles. The van der Waals surface area contributed by atoms with Crippen molar-refractivity contribution in [2.24, 2.45) is 5.92 Å². The van der Waals surface area contributed by atoms with Crippen molar-refractivity contribution >= 4 is 17.5 Å². The quantitative estimate of drug-likeness (QED) is 0.787. The van der Waals surface area contributed by atoms with Gasteiger partial charge in [-0.05, 0) is 30.9 Å². The smallest absolute Gasteiger partial charge is 0.220 e. The Hall–Kier alpha value is -1.29. The summed E-state index contributed by atoms with van der Waals surface area (Å²) in [4.78, 5) is 17.5. The van der Waals surface area contributed by atoms with E-state index < -0.39 is 0 Å². The van der Waals surface area contributed by atoms with Gasteiger partial charge >= 0.3 is 0 Å². The molecule has 0 radical (unpaired) electrons. The minimum absolute atomic E-state index is 0.155. The zero-order valence-electron chi connectivity index (χ0n) is 10.2. The number of nitrogens with zero attached hydrogens (tertiary/aromatic N) is 2. The number of likely N-dealkylation sites (tertiary alicyclic amines) is 1. The molecule has 0 bridgehead atoms. The van der Waals surface area contributed by atoms with Crippen LogP contribution in [-0.4, -0.2) is 34.5 Å². The molecule has 5 heteroatoms. The molecule has 1 saturated heterocycles. The third-order valence-corrected chi connectivity index (χ3v) is 3.94. The van der Waals surface area contributed by atoms with Gasteiger partial charge in [-0.3, -0.25) is 4.79 Å². The average Bonchev–Trinajstić information content (AvgIpc) is 2.99. The van der Waals surface area contributed by atoms with Gasteiger partial charge in [0.15, 0.2) is 0 Å². The highest BCUT2D eigenvalue weighted by Gasteiger charge is 2.53. The van der Waals surface area contributed by atoms with Gasteiger partial charge in [0.25, 0.3) is 0 Å². The predicted molar refractivity (Wildman–Crippen MR) is 67.6 cm³/mol. The Morgan fingerprint density at radius 3 is 3.06 bits per heavy atom. The molecule has 2 aliphatic rings. The summed E-state index contributed by atoms with van der Waals surface area (Å²) in [6.45, 7) is 2.17. The van der Waals surface area contributed by atoms with E-state index in [2.05, 4.69) is 4.98 Å². The highest BCUT2D eigenvalue weighted by atomic mass is 35.5. The number of hydrogen-bond donors (Lipinski definition) is 0. The molecular weight excluding hydrogens is 252 g/mol. The molecule has 2 fully saturated rings. The number of ether oxygens (including phenoxy) is 1. The van der Waals surface area contributed by atoms with Gasteiger partial charge in [0.2, 0.25) is 5.91 Å². The Labute approximate surface area is 111 Å². The van der Waals surface area contributed by atoms with Crippen molar-refractivity contribution in [1.29, 1.82) is 0 Å². The van der Waals surface area contributed by atoms with Crippen LogP contribution in [0, 0.1) is 5.92 Å². The molecule has 1 aliphatic carbocycles. The molecular formula is C13H15ClN2O2. The number of piperidine rings is 1. The molecule has 1 aromatic heterocycles. The summed E-state index contributed by atoms with van der Waals surface area (Å²) in [5, 5.41) is 0.454. The number of aromatic nitrogens is 1. The maximum absolute atomic E-state index is 11.6. The molecule has 0 spiro atoms. The highest BCUT2D eigenvalue weighted by Crippen LogP contribution is 2.47. The molecule has 0 unspecified atom stereocenters. The minimum Gasteiger partial charge on any atom is -0.490 e. The minimum atomic E-state index is 0.155. The summed E-state index contributed by atoms with van der Waals surface area (Å²) in [7, 11) is 0. The normalized spacial score (nSPS) is 29.0. The first-order valence-electron chi connectivity index (χ1n) is 6.18. The maximum atomic E-state index is 11.6. The van der Waals surface area contributed by atoms with E-state index in [9.17, 15) is 4.79 Å². The van der Waals surface area contributed by atoms with Gasteiger partial charge in [0, 0.05) is 13.0 Å². The first-order chi connectivity index (χ1) is 8.65. The second-order valence-electron chi connectivity index (χ2n) is 5.01. The van der Waals surface area contributed by atoms with Crippen LogP contribution < -0.4 is 4.74 Å². The fraction of sp³-hybridized carbons (Fsp3) is 0.538. The van der Waals surface area contributed by atoms with Crippen LogP contribution in [0.4, 0.5) is 0 Å². The average molecular weight is 267 g/mol. The summed E-state index contributed by atoms with van der Waals surface area (Å²) in [6, 6.07) is 4.18. The van der Waals surface area contributed by atoms with Crippen LogP contribution in [0.15, 0.2) is 18.3 Å². The molecule has 0 N–H and O–H groups in total. The largest absolute Gasteiger partial charge is 0.490 e. The second-order valence-corrected chi connectivity index (χ2v) is 5.39. The predicted octanol–water partition coefficient (Wildman–Crippen LogP) is 2.12. The SMILES string of the molecule is CC(=O)N1[C@H](COc2ccc(Cl)nc2)C[C@H]2C[C@H]21. The third-order valence-electron chi connectivity index (χ3n) is 3.72. The van der Waals surface area contributed by atoms with Crippen molar-refractivity contribution in [3.8, 4) is 5.75 Å². The van der Waals surface area contributed by atoms with E-state index in [0.29, 0.717) is 29.5 Å². The van der Waals surface area contributed by atoms with Crippen LogP contribution in [0.25, 0.3) is 0 Å². The zero-order valence-corrected chi connectivity index (χ0v) is 10.9. The molecule has 1 saturated carbocycles. The topological polar surface area (TPSA) is 42.4 Å². The van der Waals surface area contributed by atoms with Gasteiger partial charge in [0.1, 0.15) is 17.5 Å². The second kappa shape index (κ2) is 4.43. The highest BCUT2D eigenvalue weighted by molar-refractivity contribution is 6.29. The lowest BCUT2D eigenvalue weighted by Gasteiger charge is -2.26. The first kappa shape index (κ1) is 11.8. The van der Waals surface area contributed by atoms with E-state index in [4.69, 9.17) is 16.3 Å². The number of amides is 1. The lowest BCUT2D eigenvalue weighted by atomic mass is 10.2. The molecule has 3 atom stereocenters. The van der Waals surface area contributed by atoms with Crippen LogP contribution >= 0.6 is 11.6 Å². The molecule has 1 aromatic rings. The van der Waals surface area contributed by atoms with Gasteiger partial charge in [0.05, 0.1) is 12.2 Å². The molecule has 4 nitrogen and oxygen atoms in total. The third kappa shape index (κ3) is 2.17. The van der Waals surface area contributed by atoms with Gasteiger partial charge in [-0.1, -0.05) is 11.6 Å². The number of carbonyl (C=O) groups excluding carboxylic acids is 1. The molecule has 1 amide bonds. The fourth-order valence-corrected chi connectivity index (χ4v) is 2.95. The van der Waals surface area contributed by atoms with E-state index in [-0.39, 0.29) is 11.9 Å². The first-order valence-corrected chi connectivity index (χ1v) is 6.56. The van der Waals surface area contributed by atoms with E-state index in [1.807, 2.05) is 4.90 Å². The Balaban J connectivity index is 1.60. The Bertz CT molecular complexity index is 463. The number of rotatable bonds is 3. The van der Waals surface area contributed by atoms with Gasteiger partial charge < -0.3 is 9.64 Å². The number of hydrogen-bond acceptors (Lipinski definition) is 3. The number of fused-ring (bicyclic) bond motifs is 1. The van der Waals surface area contributed by atoms with Crippen molar-refractivity contribution in [3.05, 3.63) is 23.5 Å². The zero-order chi connectivity index (χ0) is 12.7. The van der Waals surface area contributed by atoms with Crippen LogP contribution in [0.1, 0.15) is 19.8 Å². The summed E-state index contributed by atoms with van der Waals surface area (Å²) in [5.74, 6) is 1.55. The summed E-state index contributed by atoms with van der Waals surface area (Å²) in [5.41, 5.74) is 0. The van der Waals surface area contributed by atoms with E-state index in [1.54, 1.807) is 25.3 Å². The van der Waals surface area contributed by atoms with Crippen molar-refractivity contribution in [1.82, 2.24) is 9.88 Å². The summed E-state index contributed by atoms with van der Waals surface area (Å²) in [6.07, 6.45) is 3.83. The van der Waals surface area contributed by atoms with Crippen LogP contribution in [0.3, 0.4) is 0 Å². The van der Waals surface area contributed by atoms with Crippen LogP contribution in [0.5, 0.6) is 5.75 Å². The monoisotopic (exact) mass is 266 g/mol. The Morgan fingerprint density at radius 1 is 1.56 bits per heavy atom. The van der Waals surface area contributed by atoms with Crippen molar-refractivity contribution in [2.75, 3.05) is 6.61 Å². The maximum Gasteiger partial charge on any atom is 0.220 e. The number of pyridine rings is 1. The van der Waals surface area contributed by atoms with Crippen LogP contribution in [0.2, 0.25) is 5.15 Å². The van der Waals surface area contributed by atoms with Gasteiger partial charge in [-0.25, -0.2) is 4.98 Å². The van der Waals surface area contributed by atoms with Gasteiger partial charge in [-0.15, -0.1) is 0 Å². The van der Waals surface area contributed by atoms with Crippen molar-refractivity contribution < 1.29 is 9.53 Å². The Morgan fingerprint density at radius 2 is 2.39 bits per heavy atom. The fourth-order valence-electron chi connectivity index (χ4n) is 2.84. The molecule has 18 heavy (non-hydrogen) atoms. The summed E-state index contributed by atoms with van der Waals surface area (Å²) >= 11 is 5.71. The lowest BCUT2D eigenvalue weighted by molar-refractivity contribution is -0.131. The summed E-state index contributed by atoms with van der Waals surface area (Å²) < 4.78 is 5.68. The number of halogens is 1. The number of carbonyl (C=O) groups is 1.